The quantitative estimate of drug-likeness (QED) is 0.837. The fourth-order valence-corrected chi connectivity index (χ4v) is 2.54. The van der Waals surface area contributed by atoms with Gasteiger partial charge < -0.3 is 15.2 Å². The summed E-state index contributed by atoms with van der Waals surface area (Å²) in [5.74, 6) is -0.0267. The number of ether oxygens (including phenoxy) is 2. The maximum Gasteiger partial charge on any atom is 0.326 e. The predicted molar refractivity (Wildman–Crippen MR) is 92.1 cm³/mol. The molecule has 0 radical (unpaired) electrons. The van der Waals surface area contributed by atoms with Gasteiger partial charge in [0.2, 0.25) is 6.10 Å². The van der Waals surface area contributed by atoms with E-state index in [4.69, 9.17) is 15.2 Å². The number of nitrogens with two attached hydrogens (primary N) is 1. The zero-order valence-corrected chi connectivity index (χ0v) is 13.8. The third kappa shape index (κ3) is 3.55. The van der Waals surface area contributed by atoms with Gasteiger partial charge in [0.05, 0.1) is 6.61 Å². The summed E-state index contributed by atoms with van der Waals surface area (Å²) in [5, 5.41) is 0. The average Bonchev–Trinajstić information content (AvgIpc) is 2.63. The lowest BCUT2D eigenvalue weighted by molar-refractivity contribution is -0.143. The summed E-state index contributed by atoms with van der Waals surface area (Å²) >= 11 is 0. The Labute approximate surface area is 145 Å². The molecule has 1 aliphatic heterocycles. The lowest BCUT2D eigenvalue weighted by atomic mass is 10.1. The molecule has 7 nitrogen and oxygen atoms in total. The molecule has 0 spiro atoms. The standard InChI is InChI=1S/C18H19N3O4/c1-2-10-24-15(22)11-21-17-13(8-9-14(19)20-17)25-16(18(21)23)12-6-4-3-5-7-12/h3-9,16H,2,10-11H2,1H3,(H2,19,20). The van der Waals surface area contributed by atoms with E-state index in [1.807, 2.05) is 25.1 Å². The van der Waals surface area contributed by atoms with E-state index in [-0.39, 0.29) is 24.1 Å². The van der Waals surface area contributed by atoms with E-state index in [0.717, 1.165) is 0 Å². The largest absolute Gasteiger partial charge is 0.472 e. The van der Waals surface area contributed by atoms with Gasteiger partial charge in [-0.3, -0.25) is 14.5 Å². The number of hydrogen-bond donors (Lipinski definition) is 1. The smallest absolute Gasteiger partial charge is 0.326 e. The number of amides is 1. The average molecular weight is 341 g/mol. The van der Waals surface area contributed by atoms with Crippen LogP contribution in [0.3, 0.4) is 0 Å². The Bertz CT molecular complexity index is 779. The van der Waals surface area contributed by atoms with Crippen LogP contribution in [0, 0.1) is 0 Å². The number of benzene rings is 1. The molecule has 0 aliphatic carbocycles. The van der Waals surface area contributed by atoms with Gasteiger partial charge >= 0.3 is 5.97 Å². The summed E-state index contributed by atoms with van der Waals surface area (Å²) in [4.78, 5) is 30.4. The number of hydrogen-bond acceptors (Lipinski definition) is 6. The molecule has 0 saturated carbocycles. The minimum absolute atomic E-state index is 0.227. The van der Waals surface area contributed by atoms with Crippen LogP contribution in [0.1, 0.15) is 25.0 Å². The Kier molecular flexibility index (Phi) is 4.83. The first-order valence-electron chi connectivity index (χ1n) is 8.05. The number of fused-ring (bicyclic) bond motifs is 1. The van der Waals surface area contributed by atoms with Crippen molar-refractivity contribution in [1.29, 1.82) is 0 Å². The minimum atomic E-state index is -0.849. The second-order valence-corrected chi connectivity index (χ2v) is 5.61. The summed E-state index contributed by atoms with van der Waals surface area (Å²) in [5.41, 5.74) is 6.42. The number of anilines is 2. The number of aromatic nitrogens is 1. The van der Waals surface area contributed by atoms with E-state index in [9.17, 15) is 9.59 Å². The van der Waals surface area contributed by atoms with Crippen molar-refractivity contribution >= 4 is 23.5 Å². The molecule has 3 rings (SSSR count). The topological polar surface area (TPSA) is 94.8 Å². The van der Waals surface area contributed by atoms with Crippen molar-refractivity contribution in [3.05, 3.63) is 48.0 Å². The van der Waals surface area contributed by atoms with Gasteiger partial charge in [-0.05, 0) is 18.6 Å². The highest BCUT2D eigenvalue weighted by Gasteiger charge is 2.37. The SMILES string of the molecule is CCCOC(=O)CN1C(=O)C(c2ccccc2)Oc2ccc(N)nc21. The van der Waals surface area contributed by atoms with Gasteiger partial charge in [-0.15, -0.1) is 0 Å². The fourth-order valence-electron chi connectivity index (χ4n) is 2.54. The van der Waals surface area contributed by atoms with Crippen molar-refractivity contribution in [3.8, 4) is 5.75 Å². The Morgan fingerprint density at radius 2 is 2.04 bits per heavy atom. The molecule has 0 saturated heterocycles. The number of pyridine rings is 1. The number of nitrogens with zero attached hydrogens (tertiary/aromatic N) is 2. The molecule has 1 aromatic carbocycles. The molecule has 2 N–H and O–H groups in total. The van der Waals surface area contributed by atoms with E-state index < -0.39 is 12.1 Å². The fraction of sp³-hybridized carbons (Fsp3) is 0.278. The van der Waals surface area contributed by atoms with Gasteiger partial charge in [0.15, 0.2) is 11.6 Å². The first kappa shape index (κ1) is 16.8. The van der Waals surface area contributed by atoms with Crippen LogP contribution >= 0.6 is 0 Å². The van der Waals surface area contributed by atoms with Gasteiger partial charge in [0.25, 0.3) is 5.91 Å². The highest BCUT2D eigenvalue weighted by Crippen LogP contribution is 2.37. The molecule has 0 bridgehead atoms. The zero-order chi connectivity index (χ0) is 17.8. The van der Waals surface area contributed by atoms with Crippen LogP contribution in [0.25, 0.3) is 0 Å². The molecule has 1 amide bonds. The second kappa shape index (κ2) is 7.21. The highest BCUT2D eigenvalue weighted by atomic mass is 16.5. The molecule has 0 fully saturated rings. The molecule has 130 valence electrons. The van der Waals surface area contributed by atoms with Gasteiger partial charge in [-0.2, -0.15) is 0 Å². The Hall–Kier alpha value is -3.09. The van der Waals surface area contributed by atoms with Crippen LogP contribution in [0.4, 0.5) is 11.6 Å². The Balaban J connectivity index is 1.94. The van der Waals surface area contributed by atoms with Crippen LogP contribution in [0.2, 0.25) is 0 Å². The van der Waals surface area contributed by atoms with Crippen LogP contribution in [-0.2, 0) is 14.3 Å². The number of carbonyl (C=O) groups excluding carboxylic acids is 2. The minimum Gasteiger partial charge on any atom is -0.472 e. The first-order valence-corrected chi connectivity index (χ1v) is 8.05. The number of carbonyl (C=O) groups is 2. The molecule has 1 aliphatic rings. The maximum absolute atomic E-state index is 12.9. The Morgan fingerprint density at radius 3 is 2.76 bits per heavy atom. The summed E-state index contributed by atoms with van der Waals surface area (Å²) in [6.07, 6.45) is -0.143. The van der Waals surface area contributed by atoms with Gasteiger partial charge in [0.1, 0.15) is 12.4 Å². The molecular weight excluding hydrogens is 322 g/mol. The lowest BCUT2D eigenvalue weighted by Gasteiger charge is -2.33. The van der Waals surface area contributed by atoms with Gasteiger partial charge in [0, 0.05) is 5.56 Å². The second-order valence-electron chi connectivity index (χ2n) is 5.61. The van der Waals surface area contributed by atoms with Gasteiger partial charge in [-0.1, -0.05) is 37.3 Å². The van der Waals surface area contributed by atoms with Crippen molar-refractivity contribution in [2.75, 3.05) is 23.8 Å². The molecule has 1 aromatic heterocycles. The molecule has 2 heterocycles. The van der Waals surface area contributed by atoms with E-state index in [1.54, 1.807) is 24.3 Å². The summed E-state index contributed by atoms with van der Waals surface area (Å²) in [6.45, 7) is 1.96. The lowest BCUT2D eigenvalue weighted by Crippen LogP contribution is -2.44. The molecule has 25 heavy (non-hydrogen) atoms. The van der Waals surface area contributed by atoms with E-state index in [2.05, 4.69) is 4.98 Å². The van der Waals surface area contributed by atoms with Crippen molar-refractivity contribution in [1.82, 2.24) is 4.98 Å². The highest BCUT2D eigenvalue weighted by molar-refractivity contribution is 6.02. The van der Waals surface area contributed by atoms with Gasteiger partial charge in [-0.25, -0.2) is 4.98 Å². The Morgan fingerprint density at radius 1 is 1.28 bits per heavy atom. The molecule has 1 unspecified atom stereocenters. The number of nitrogen functional groups attached to an aromatic ring is 1. The third-order valence-corrected chi connectivity index (χ3v) is 3.71. The van der Waals surface area contributed by atoms with Crippen molar-refractivity contribution in [3.63, 3.8) is 0 Å². The summed E-state index contributed by atoms with van der Waals surface area (Å²) in [6, 6.07) is 12.3. The van der Waals surface area contributed by atoms with E-state index in [1.165, 1.54) is 4.90 Å². The number of esters is 1. The van der Waals surface area contributed by atoms with E-state index >= 15 is 0 Å². The van der Waals surface area contributed by atoms with E-state index in [0.29, 0.717) is 24.3 Å². The zero-order valence-electron chi connectivity index (χ0n) is 13.8. The van der Waals surface area contributed by atoms with Crippen LogP contribution in [-0.4, -0.2) is 30.0 Å². The monoisotopic (exact) mass is 341 g/mol. The predicted octanol–water partition coefficient (Wildman–Crippen LogP) is 2.08. The maximum atomic E-state index is 12.9. The van der Waals surface area contributed by atoms with Crippen molar-refractivity contribution < 1.29 is 19.1 Å². The first-order chi connectivity index (χ1) is 12.1. The number of rotatable bonds is 5. The van der Waals surface area contributed by atoms with Crippen LogP contribution in [0.5, 0.6) is 5.75 Å². The van der Waals surface area contributed by atoms with Crippen LogP contribution in [0.15, 0.2) is 42.5 Å². The van der Waals surface area contributed by atoms with Crippen molar-refractivity contribution in [2.45, 2.75) is 19.4 Å². The summed E-state index contributed by atoms with van der Waals surface area (Å²) in [7, 11) is 0. The molecular formula is C18H19N3O4. The molecule has 2 aromatic rings. The molecule has 7 heteroatoms. The van der Waals surface area contributed by atoms with Crippen LogP contribution < -0.4 is 15.4 Å². The summed E-state index contributed by atoms with van der Waals surface area (Å²) < 4.78 is 10.9. The molecule has 1 atom stereocenters. The third-order valence-electron chi connectivity index (χ3n) is 3.71. The van der Waals surface area contributed by atoms with Crippen molar-refractivity contribution in [2.24, 2.45) is 0 Å². The normalized spacial score (nSPS) is 16.1.